The zero-order chi connectivity index (χ0) is 13.4. The number of fused-ring (bicyclic) bond motifs is 1. The lowest BCUT2D eigenvalue weighted by atomic mass is 10.1. The fraction of sp³-hybridized carbons (Fsp3) is 0.231. The van der Waals surface area contributed by atoms with Crippen LogP contribution in [0.15, 0.2) is 28.9 Å². The molecule has 0 saturated carbocycles. The van der Waals surface area contributed by atoms with Crippen LogP contribution in [0, 0.1) is 0 Å². The van der Waals surface area contributed by atoms with Gasteiger partial charge in [0.2, 0.25) is 6.79 Å². The van der Waals surface area contributed by atoms with Crippen LogP contribution in [-0.2, 0) is 4.79 Å². The Morgan fingerprint density at radius 2 is 2.16 bits per heavy atom. The molecule has 2 heterocycles. The fourth-order valence-electron chi connectivity index (χ4n) is 1.92. The van der Waals surface area contributed by atoms with Gasteiger partial charge >= 0.3 is 0 Å². The van der Waals surface area contributed by atoms with Gasteiger partial charge in [0.15, 0.2) is 16.7 Å². The van der Waals surface area contributed by atoms with Crippen LogP contribution in [0.25, 0.3) is 6.08 Å². The van der Waals surface area contributed by atoms with Crippen molar-refractivity contribution in [2.45, 2.75) is 0 Å². The largest absolute Gasteiger partial charge is 0.454 e. The molecule has 2 aliphatic heterocycles. The van der Waals surface area contributed by atoms with E-state index >= 15 is 0 Å². The summed E-state index contributed by atoms with van der Waals surface area (Å²) in [5.41, 5.74) is 1.30. The van der Waals surface area contributed by atoms with Gasteiger partial charge in [-0.3, -0.25) is 9.69 Å². The average molecular weight is 276 g/mol. The van der Waals surface area contributed by atoms with Crippen molar-refractivity contribution in [3.63, 3.8) is 0 Å². The van der Waals surface area contributed by atoms with Gasteiger partial charge in [0.25, 0.3) is 5.91 Å². The maximum Gasteiger partial charge on any atom is 0.278 e. The van der Waals surface area contributed by atoms with E-state index in [0.717, 1.165) is 11.3 Å². The zero-order valence-electron chi connectivity index (χ0n) is 10.5. The van der Waals surface area contributed by atoms with Crippen LogP contribution < -0.4 is 9.47 Å². The van der Waals surface area contributed by atoms with Crippen LogP contribution in [0.1, 0.15) is 5.56 Å². The number of ether oxygens (including phenoxy) is 2. The molecule has 19 heavy (non-hydrogen) atoms. The van der Waals surface area contributed by atoms with Gasteiger partial charge in [-0.25, -0.2) is 4.99 Å². The maximum absolute atomic E-state index is 12.0. The Hall–Kier alpha value is -1.95. The summed E-state index contributed by atoms with van der Waals surface area (Å²) in [6.45, 7) is 0.242. The second-order valence-electron chi connectivity index (χ2n) is 4.10. The number of likely N-dealkylation sites (N-methyl/N-ethyl adjacent to an activating group) is 1. The SMILES string of the molecule is CSC1=N/C(=C/c2ccc3c(c2)OCO3)C(=O)N1C. The molecule has 0 unspecified atom stereocenters. The summed E-state index contributed by atoms with van der Waals surface area (Å²) in [4.78, 5) is 17.8. The van der Waals surface area contributed by atoms with Gasteiger partial charge in [0.1, 0.15) is 5.70 Å². The number of carbonyl (C=O) groups is 1. The second-order valence-corrected chi connectivity index (χ2v) is 4.88. The lowest BCUT2D eigenvalue weighted by Gasteiger charge is -2.07. The highest BCUT2D eigenvalue weighted by atomic mass is 32.2. The molecule has 98 valence electrons. The number of nitrogens with zero attached hydrogens (tertiary/aromatic N) is 2. The molecule has 2 aliphatic rings. The highest BCUT2D eigenvalue weighted by molar-refractivity contribution is 8.13. The number of carbonyl (C=O) groups excluding carboxylic acids is 1. The first kappa shape index (κ1) is 12.1. The van der Waals surface area contributed by atoms with E-state index in [1.54, 1.807) is 18.0 Å². The predicted molar refractivity (Wildman–Crippen MR) is 74.3 cm³/mol. The summed E-state index contributed by atoms with van der Waals surface area (Å²) in [6, 6.07) is 5.55. The Labute approximate surface area is 114 Å². The molecule has 0 radical (unpaired) electrons. The van der Waals surface area contributed by atoms with Crippen LogP contribution >= 0.6 is 11.8 Å². The van der Waals surface area contributed by atoms with Gasteiger partial charge in [-0.1, -0.05) is 17.8 Å². The van der Waals surface area contributed by atoms with Crippen LogP contribution in [0.5, 0.6) is 11.5 Å². The number of thioether (sulfide) groups is 1. The highest BCUT2D eigenvalue weighted by Gasteiger charge is 2.26. The van der Waals surface area contributed by atoms with E-state index in [2.05, 4.69) is 4.99 Å². The molecular formula is C13H12N2O3S. The number of amides is 1. The molecule has 0 bridgehead atoms. The molecule has 3 rings (SSSR count). The maximum atomic E-state index is 12.0. The van der Waals surface area contributed by atoms with Crippen molar-refractivity contribution >= 4 is 28.9 Å². The second kappa shape index (κ2) is 4.62. The van der Waals surface area contributed by atoms with Crippen LogP contribution in [0.2, 0.25) is 0 Å². The molecule has 0 saturated heterocycles. The highest BCUT2D eigenvalue weighted by Crippen LogP contribution is 2.33. The van der Waals surface area contributed by atoms with Crippen molar-refractivity contribution in [1.29, 1.82) is 0 Å². The molecule has 0 spiro atoms. The van der Waals surface area contributed by atoms with E-state index in [1.807, 2.05) is 24.5 Å². The monoisotopic (exact) mass is 276 g/mol. The standard InChI is InChI=1S/C13H12N2O3S/c1-15-12(16)9(14-13(15)19-2)5-8-3-4-10-11(6-8)18-7-17-10/h3-6H,7H2,1-2H3/b9-5+. The number of hydrogen-bond acceptors (Lipinski definition) is 5. The molecular weight excluding hydrogens is 264 g/mol. The van der Waals surface area contributed by atoms with Gasteiger partial charge in [0.05, 0.1) is 0 Å². The molecule has 1 aromatic rings. The van der Waals surface area contributed by atoms with Gasteiger partial charge < -0.3 is 9.47 Å². The van der Waals surface area contributed by atoms with Crippen molar-refractivity contribution in [3.05, 3.63) is 29.5 Å². The first-order valence-corrected chi connectivity index (χ1v) is 6.93. The predicted octanol–water partition coefficient (Wildman–Crippen LogP) is 1.95. The summed E-state index contributed by atoms with van der Waals surface area (Å²) in [7, 11) is 1.72. The van der Waals surface area contributed by atoms with Crippen molar-refractivity contribution in [2.75, 3.05) is 20.1 Å². The van der Waals surface area contributed by atoms with E-state index < -0.39 is 0 Å². The van der Waals surface area contributed by atoms with Gasteiger partial charge in [0, 0.05) is 7.05 Å². The van der Waals surface area contributed by atoms with E-state index in [0.29, 0.717) is 16.6 Å². The Kier molecular flexibility index (Phi) is 2.94. The third-order valence-corrected chi connectivity index (χ3v) is 3.64. The summed E-state index contributed by atoms with van der Waals surface area (Å²) in [5, 5.41) is 0.706. The molecule has 5 nitrogen and oxygen atoms in total. The zero-order valence-corrected chi connectivity index (χ0v) is 11.4. The van der Waals surface area contributed by atoms with Gasteiger partial charge in [-0.05, 0) is 30.0 Å². The number of hydrogen-bond donors (Lipinski definition) is 0. The summed E-state index contributed by atoms with van der Waals surface area (Å²) in [6.07, 6.45) is 3.65. The van der Waals surface area contributed by atoms with Gasteiger partial charge in [-0.2, -0.15) is 0 Å². The van der Waals surface area contributed by atoms with Crippen molar-refractivity contribution < 1.29 is 14.3 Å². The number of rotatable bonds is 1. The molecule has 0 fully saturated rings. The molecule has 0 N–H and O–H groups in total. The van der Waals surface area contributed by atoms with Crippen molar-refractivity contribution in [3.8, 4) is 11.5 Å². The Morgan fingerprint density at radius 1 is 1.37 bits per heavy atom. The normalized spacial score (nSPS) is 19.3. The molecule has 1 amide bonds. The average Bonchev–Trinajstić information content (AvgIpc) is 2.98. The Bertz CT molecular complexity index is 610. The fourth-order valence-corrected chi connectivity index (χ4v) is 2.47. The summed E-state index contributed by atoms with van der Waals surface area (Å²) >= 11 is 1.45. The molecule has 6 heteroatoms. The molecule has 0 atom stereocenters. The third-order valence-electron chi connectivity index (χ3n) is 2.91. The first-order valence-electron chi connectivity index (χ1n) is 5.71. The van der Waals surface area contributed by atoms with Crippen molar-refractivity contribution in [1.82, 2.24) is 4.90 Å². The van der Waals surface area contributed by atoms with E-state index in [1.165, 1.54) is 11.8 Å². The summed E-state index contributed by atoms with van der Waals surface area (Å²) in [5.74, 6) is 1.33. The first-order chi connectivity index (χ1) is 9.19. The van der Waals surface area contributed by atoms with Gasteiger partial charge in [-0.15, -0.1) is 0 Å². The minimum Gasteiger partial charge on any atom is -0.454 e. The molecule has 1 aromatic carbocycles. The Balaban J connectivity index is 1.94. The smallest absolute Gasteiger partial charge is 0.278 e. The van der Waals surface area contributed by atoms with Crippen molar-refractivity contribution in [2.24, 2.45) is 4.99 Å². The minimum absolute atomic E-state index is 0.0954. The van der Waals surface area contributed by atoms with Crippen LogP contribution in [0.3, 0.4) is 0 Å². The summed E-state index contributed by atoms with van der Waals surface area (Å²) < 4.78 is 10.6. The lowest BCUT2D eigenvalue weighted by Crippen LogP contribution is -2.25. The number of aliphatic imine (C=N–C) groups is 1. The van der Waals surface area contributed by atoms with Crippen LogP contribution in [0.4, 0.5) is 0 Å². The van der Waals surface area contributed by atoms with E-state index in [4.69, 9.17) is 9.47 Å². The number of benzene rings is 1. The quantitative estimate of drug-likeness (QED) is 0.736. The molecule has 0 aliphatic carbocycles. The number of amidine groups is 1. The minimum atomic E-state index is -0.0954. The molecule has 0 aromatic heterocycles. The van der Waals surface area contributed by atoms with Crippen LogP contribution in [-0.4, -0.2) is 36.1 Å². The Morgan fingerprint density at radius 3 is 2.89 bits per heavy atom. The van der Waals surface area contributed by atoms with E-state index in [9.17, 15) is 4.79 Å². The van der Waals surface area contributed by atoms with E-state index in [-0.39, 0.29) is 12.7 Å². The third kappa shape index (κ3) is 2.08. The lowest BCUT2D eigenvalue weighted by molar-refractivity contribution is -0.121. The topological polar surface area (TPSA) is 51.1 Å².